The maximum Gasteiger partial charge on any atom is 0.415 e. The molecule has 1 aromatic rings. The minimum absolute atomic E-state index is 0.00727. The van der Waals surface area contributed by atoms with Gasteiger partial charge < -0.3 is 5.11 Å². The number of halogens is 3. The Kier molecular flexibility index (Phi) is 5.49. The van der Waals surface area contributed by atoms with Gasteiger partial charge in [-0.05, 0) is 12.1 Å². The Morgan fingerprint density at radius 3 is 2.33 bits per heavy atom. The number of β-amino-alcohol motifs (C(OH)–C–C–N with tert-alkyl or cyclic N) is 1. The zero-order valence-electron chi connectivity index (χ0n) is 12.6. The number of nitrogens with zero attached hydrogens (tertiary/aromatic N) is 3. The van der Waals surface area contributed by atoms with E-state index in [2.05, 4.69) is 0 Å². The largest absolute Gasteiger partial charge is 0.415 e. The Labute approximate surface area is 137 Å². The van der Waals surface area contributed by atoms with Crippen molar-refractivity contribution in [3.05, 3.63) is 29.8 Å². The summed E-state index contributed by atoms with van der Waals surface area (Å²) in [6, 6.07) is 7.59. The van der Waals surface area contributed by atoms with E-state index in [1.54, 1.807) is 6.07 Å². The Bertz CT molecular complexity index is 723. The molecule has 1 atom stereocenters. The monoisotopic (exact) mass is 363 g/mol. The van der Waals surface area contributed by atoms with Gasteiger partial charge >= 0.3 is 6.18 Å². The average molecular weight is 363 g/mol. The normalized spacial score (nSPS) is 19.0. The number of alkyl halides is 3. The van der Waals surface area contributed by atoms with Crippen molar-refractivity contribution >= 4 is 10.0 Å². The molecular formula is C14H16F3N3O3S. The summed E-state index contributed by atoms with van der Waals surface area (Å²) in [7, 11) is -3.89. The fraction of sp³-hybridized carbons (Fsp3) is 0.500. The molecule has 2 rings (SSSR count). The van der Waals surface area contributed by atoms with Gasteiger partial charge in [0.25, 0.3) is 0 Å². The lowest BCUT2D eigenvalue weighted by atomic mass is 10.2. The van der Waals surface area contributed by atoms with Crippen LogP contribution in [0.1, 0.15) is 5.56 Å². The van der Waals surface area contributed by atoms with E-state index in [-0.39, 0.29) is 36.6 Å². The minimum Gasteiger partial charge on any atom is -0.382 e. The molecule has 1 aliphatic heterocycles. The van der Waals surface area contributed by atoms with Crippen molar-refractivity contribution in [2.75, 3.05) is 32.7 Å². The van der Waals surface area contributed by atoms with Gasteiger partial charge in [-0.3, -0.25) is 4.90 Å². The first kappa shape index (κ1) is 18.7. The molecule has 0 aromatic heterocycles. The summed E-state index contributed by atoms with van der Waals surface area (Å²) in [4.78, 5) is 1.25. The molecular weight excluding hydrogens is 347 g/mol. The quantitative estimate of drug-likeness (QED) is 0.855. The van der Waals surface area contributed by atoms with E-state index in [1.165, 1.54) is 23.1 Å². The van der Waals surface area contributed by atoms with Gasteiger partial charge in [0, 0.05) is 32.7 Å². The molecule has 0 radical (unpaired) electrons. The van der Waals surface area contributed by atoms with E-state index >= 15 is 0 Å². The molecule has 0 spiro atoms. The second kappa shape index (κ2) is 7.06. The molecule has 1 N–H and O–H groups in total. The average Bonchev–Trinajstić information content (AvgIpc) is 2.54. The smallest absolute Gasteiger partial charge is 0.382 e. The summed E-state index contributed by atoms with van der Waals surface area (Å²) >= 11 is 0. The molecule has 0 aliphatic carbocycles. The van der Waals surface area contributed by atoms with Crippen molar-refractivity contribution in [1.82, 2.24) is 9.21 Å². The lowest BCUT2D eigenvalue weighted by molar-refractivity contribution is -0.208. The number of hydrogen-bond donors (Lipinski definition) is 1. The Balaban J connectivity index is 2.05. The van der Waals surface area contributed by atoms with E-state index < -0.39 is 28.8 Å². The van der Waals surface area contributed by atoms with Gasteiger partial charge in [0.15, 0.2) is 6.10 Å². The number of rotatable bonds is 4. The van der Waals surface area contributed by atoms with Gasteiger partial charge in [-0.2, -0.15) is 22.7 Å². The highest BCUT2D eigenvalue weighted by atomic mass is 32.2. The molecule has 6 nitrogen and oxygen atoms in total. The van der Waals surface area contributed by atoms with Crippen LogP contribution in [-0.2, 0) is 10.0 Å². The summed E-state index contributed by atoms with van der Waals surface area (Å²) in [6.07, 6.45) is -7.16. The van der Waals surface area contributed by atoms with Crippen molar-refractivity contribution in [1.29, 1.82) is 5.26 Å². The zero-order chi connectivity index (χ0) is 18.0. The van der Waals surface area contributed by atoms with Crippen LogP contribution in [0.5, 0.6) is 0 Å². The summed E-state index contributed by atoms with van der Waals surface area (Å²) in [6.45, 7) is -0.465. The second-order valence-corrected chi connectivity index (χ2v) is 7.28. The molecule has 1 aliphatic rings. The highest BCUT2D eigenvalue weighted by molar-refractivity contribution is 7.89. The van der Waals surface area contributed by atoms with Crippen molar-refractivity contribution in [2.45, 2.75) is 17.2 Å². The number of aliphatic hydroxyl groups is 1. The summed E-state index contributed by atoms with van der Waals surface area (Å²) in [5, 5.41) is 18.1. The summed E-state index contributed by atoms with van der Waals surface area (Å²) in [5.74, 6) is 0. The summed E-state index contributed by atoms with van der Waals surface area (Å²) < 4.78 is 63.4. The molecule has 132 valence electrons. The highest BCUT2D eigenvalue weighted by Gasteiger charge is 2.40. The molecule has 1 fully saturated rings. The van der Waals surface area contributed by atoms with Gasteiger partial charge in [0.2, 0.25) is 10.0 Å². The standard InChI is InChI=1S/C14H16F3N3O3S/c15-14(16,17)13(21)10-19-5-7-20(8-6-19)24(22,23)12-4-2-1-3-11(12)9-18/h1-4,13,21H,5-8,10H2. The molecule has 10 heteroatoms. The molecule has 1 heterocycles. The van der Waals surface area contributed by atoms with Gasteiger partial charge in [0.1, 0.15) is 6.07 Å². The number of aliphatic hydroxyl groups excluding tert-OH is 1. The van der Waals surface area contributed by atoms with E-state index in [0.29, 0.717) is 0 Å². The molecule has 24 heavy (non-hydrogen) atoms. The fourth-order valence-electron chi connectivity index (χ4n) is 2.42. The van der Waals surface area contributed by atoms with Crippen molar-refractivity contribution in [3.63, 3.8) is 0 Å². The van der Waals surface area contributed by atoms with Crippen LogP contribution in [0.15, 0.2) is 29.2 Å². The maximum absolute atomic E-state index is 12.6. The van der Waals surface area contributed by atoms with Gasteiger partial charge in [-0.15, -0.1) is 0 Å². The van der Waals surface area contributed by atoms with Crippen molar-refractivity contribution in [2.24, 2.45) is 0 Å². The Morgan fingerprint density at radius 1 is 1.21 bits per heavy atom. The first-order valence-corrected chi connectivity index (χ1v) is 8.56. The van der Waals surface area contributed by atoms with Crippen molar-refractivity contribution in [3.8, 4) is 6.07 Å². The van der Waals surface area contributed by atoms with Crippen LogP contribution in [0.2, 0.25) is 0 Å². The second-order valence-electron chi connectivity index (χ2n) is 5.37. The third kappa shape index (κ3) is 4.05. The van der Waals surface area contributed by atoms with Gasteiger partial charge in [0.05, 0.1) is 10.5 Å². The maximum atomic E-state index is 12.6. The van der Waals surface area contributed by atoms with E-state index in [0.717, 1.165) is 4.31 Å². The number of sulfonamides is 1. The van der Waals surface area contributed by atoms with Crippen LogP contribution in [0.25, 0.3) is 0 Å². The van der Waals surface area contributed by atoms with E-state index in [1.807, 2.05) is 6.07 Å². The number of hydrogen-bond acceptors (Lipinski definition) is 5. The van der Waals surface area contributed by atoms with E-state index in [4.69, 9.17) is 10.4 Å². The lowest BCUT2D eigenvalue weighted by Gasteiger charge is -2.35. The number of nitriles is 1. The number of piperazine rings is 1. The van der Waals surface area contributed by atoms with Crippen LogP contribution in [0.3, 0.4) is 0 Å². The van der Waals surface area contributed by atoms with Crippen LogP contribution < -0.4 is 0 Å². The first-order chi connectivity index (χ1) is 11.2. The molecule has 1 aromatic carbocycles. The Hall–Kier alpha value is -1.67. The number of benzene rings is 1. The highest BCUT2D eigenvalue weighted by Crippen LogP contribution is 2.23. The SMILES string of the molecule is N#Cc1ccccc1S(=O)(=O)N1CCN(CC(O)C(F)(F)F)CC1. The molecule has 1 saturated heterocycles. The predicted molar refractivity (Wildman–Crippen MR) is 78.4 cm³/mol. The van der Waals surface area contributed by atoms with Gasteiger partial charge in [-0.25, -0.2) is 8.42 Å². The third-order valence-corrected chi connectivity index (χ3v) is 5.72. The molecule has 0 amide bonds. The molecule has 1 unspecified atom stereocenters. The van der Waals surface area contributed by atoms with E-state index in [9.17, 15) is 21.6 Å². The topological polar surface area (TPSA) is 84.6 Å². The van der Waals surface area contributed by atoms with Crippen LogP contribution in [0.4, 0.5) is 13.2 Å². The fourth-order valence-corrected chi connectivity index (χ4v) is 3.99. The minimum atomic E-state index is -4.70. The van der Waals surface area contributed by atoms with Crippen LogP contribution in [0, 0.1) is 11.3 Å². The van der Waals surface area contributed by atoms with Crippen LogP contribution in [-0.4, -0.2) is 67.7 Å². The zero-order valence-corrected chi connectivity index (χ0v) is 13.4. The van der Waals surface area contributed by atoms with Crippen LogP contribution >= 0.6 is 0 Å². The molecule has 0 bridgehead atoms. The predicted octanol–water partition coefficient (Wildman–Crippen LogP) is 0.788. The Morgan fingerprint density at radius 2 is 1.79 bits per heavy atom. The van der Waals surface area contributed by atoms with Crippen molar-refractivity contribution < 1.29 is 26.7 Å². The first-order valence-electron chi connectivity index (χ1n) is 7.12. The summed E-state index contributed by atoms with van der Waals surface area (Å²) in [5.41, 5.74) is 0.0208. The molecule has 0 saturated carbocycles. The lowest BCUT2D eigenvalue weighted by Crippen LogP contribution is -2.52. The third-order valence-electron chi connectivity index (χ3n) is 3.77. The van der Waals surface area contributed by atoms with Gasteiger partial charge in [-0.1, -0.05) is 12.1 Å².